The van der Waals surface area contributed by atoms with Gasteiger partial charge in [-0.05, 0) is 43.6 Å². The Balaban J connectivity index is 1.53. The first-order chi connectivity index (χ1) is 7.36. The lowest BCUT2D eigenvalue weighted by molar-refractivity contribution is 0.438. The molecule has 0 amide bonds. The van der Waals surface area contributed by atoms with E-state index in [1.807, 2.05) is 12.1 Å². The summed E-state index contributed by atoms with van der Waals surface area (Å²) in [6.07, 6.45) is 4.65. The quantitative estimate of drug-likeness (QED) is 0.722. The van der Waals surface area contributed by atoms with Crippen LogP contribution >= 0.6 is 11.8 Å². The molecular weight excluding hydrogens is 206 g/mol. The van der Waals surface area contributed by atoms with Crippen molar-refractivity contribution in [2.75, 3.05) is 18.1 Å². The molecule has 1 heterocycles. The molecule has 2 nitrogen and oxygen atoms in total. The number of thioether (sulfide) groups is 1. The lowest BCUT2D eigenvalue weighted by Crippen LogP contribution is -2.21. The van der Waals surface area contributed by atoms with Crippen molar-refractivity contribution in [3.8, 4) is 0 Å². The zero-order valence-electron chi connectivity index (χ0n) is 9.24. The van der Waals surface area contributed by atoms with Gasteiger partial charge in [0.1, 0.15) is 5.76 Å². The Kier molecular flexibility index (Phi) is 4.15. The van der Waals surface area contributed by atoms with Crippen molar-refractivity contribution in [2.45, 2.75) is 25.8 Å². The first-order valence-electron chi connectivity index (χ1n) is 5.71. The molecule has 0 spiro atoms. The zero-order chi connectivity index (χ0) is 10.5. The second-order valence-electron chi connectivity index (χ2n) is 4.21. The fourth-order valence-corrected chi connectivity index (χ4v) is 2.62. The first kappa shape index (κ1) is 11.1. The van der Waals surface area contributed by atoms with Gasteiger partial charge in [-0.25, -0.2) is 0 Å². The highest BCUT2D eigenvalue weighted by atomic mass is 32.2. The van der Waals surface area contributed by atoms with Crippen LogP contribution < -0.4 is 5.32 Å². The third-order valence-corrected chi connectivity index (χ3v) is 3.92. The largest absolute Gasteiger partial charge is 0.468 e. The van der Waals surface area contributed by atoms with Crippen molar-refractivity contribution in [3.05, 3.63) is 24.2 Å². The Morgan fingerprint density at radius 2 is 2.47 bits per heavy atom. The van der Waals surface area contributed by atoms with E-state index in [-0.39, 0.29) is 0 Å². The van der Waals surface area contributed by atoms with Gasteiger partial charge in [-0.2, -0.15) is 11.8 Å². The molecular formula is C12H19NOS. The smallest absolute Gasteiger partial charge is 0.120 e. The van der Waals surface area contributed by atoms with Gasteiger partial charge in [0, 0.05) is 12.3 Å². The van der Waals surface area contributed by atoms with Crippen LogP contribution in [0, 0.1) is 5.92 Å². The van der Waals surface area contributed by atoms with E-state index in [2.05, 4.69) is 24.0 Å². The van der Waals surface area contributed by atoms with Crippen LogP contribution in [-0.4, -0.2) is 18.1 Å². The molecule has 1 atom stereocenters. The highest BCUT2D eigenvalue weighted by Gasteiger charge is 2.20. The standard InChI is InChI=1S/C12H19NOS/c1-10(12-3-2-7-14-12)13-6-8-15-9-11-4-5-11/h2-3,7,10-11,13H,4-6,8-9H2,1H3. The van der Waals surface area contributed by atoms with Crippen LogP contribution in [0.5, 0.6) is 0 Å². The average molecular weight is 225 g/mol. The predicted molar refractivity (Wildman–Crippen MR) is 65.2 cm³/mol. The summed E-state index contributed by atoms with van der Waals surface area (Å²) in [4.78, 5) is 0. The van der Waals surface area contributed by atoms with Crippen LogP contribution in [0.15, 0.2) is 22.8 Å². The van der Waals surface area contributed by atoms with Crippen molar-refractivity contribution in [1.29, 1.82) is 0 Å². The fraction of sp³-hybridized carbons (Fsp3) is 0.667. The van der Waals surface area contributed by atoms with E-state index in [4.69, 9.17) is 4.42 Å². The summed E-state index contributed by atoms with van der Waals surface area (Å²) >= 11 is 2.07. The lowest BCUT2D eigenvalue weighted by Gasteiger charge is -2.10. The molecule has 1 aromatic heterocycles. The lowest BCUT2D eigenvalue weighted by atomic mass is 10.2. The molecule has 0 radical (unpaired) electrons. The van der Waals surface area contributed by atoms with E-state index in [0.29, 0.717) is 6.04 Å². The third-order valence-electron chi connectivity index (χ3n) is 2.72. The summed E-state index contributed by atoms with van der Waals surface area (Å²) < 4.78 is 5.33. The van der Waals surface area contributed by atoms with Gasteiger partial charge in [0.05, 0.1) is 12.3 Å². The maximum atomic E-state index is 5.33. The molecule has 0 bridgehead atoms. The number of nitrogens with one attached hydrogen (secondary N) is 1. The van der Waals surface area contributed by atoms with Gasteiger partial charge < -0.3 is 9.73 Å². The molecule has 15 heavy (non-hydrogen) atoms. The van der Waals surface area contributed by atoms with Gasteiger partial charge in [-0.1, -0.05) is 0 Å². The number of hydrogen-bond acceptors (Lipinski definition) is 3. The van der Waals surface area contributed by atoms with E-state index in [1.54, 1.807) is 6.26 Å². The van der Waals surface area contributed by atoms with Crippen LogP contribution in [0.1, 0.15) is 31.6 Å². The molecule has 0 aromatic carbocycles. The summed E-state index contributed by atoms with van der Waals surface area (Å²) in [5.41, 5.74) is 0. The summed E-state index contributed by atoms with van der Waals surface area (Å²) in [7, 11) is 0. The van der Waals surface area contributed by atoms with Gasteiger partial charge in [0.2, 0.25) is 0 Å². The Bertz CT molecular complexity index is 269. The molecule has 3 heteroatoms. The molecule has 1 unspecified atom stereocenters. The van der Waals surface area contributed by atoms with Gasteiger partial charge >= 0.3 is 0 Å². The van der Waals surface area contributed by atoms with Crippen LogP contribution in [0.3, 0.4) is 0 Å². The van der Waals surface area contributed by atoms with Crippen molar-refractivity contribution in [3.63, 3.8) is 0 Å². The number of furan rings is 1. The van der Waals surface area contributed by atoms with Gasteiger partial charge in [-0.15, -0.1) is 0 Å². The van der Waals surface area contributed by atoms with E-state index in [0.717, 1.165) is 18.2 Å². The van der Waals surface area contributed by atoms with E-state index >= 15 is 0 Å². The van der Waals surface area contributed by atoms with Crippen molar-refractivity contribution >= 4 is 11.8 Å². The summed E-state index contributed by atoms with van der Waals surface area (Å²) in [5, 5.41) is 3.46. The predicted octanol–water partition coefficient (Wildman–Crippen LogP) is 3.07. The van der Waals surface area contributed by atoms with Crippen molar-refractivity contribution in [1.82, 2.24) is 5.32 Å². The second-order valence-corrected chi connectivity index (χ2v) is 5.36. The minimum Gasteiger partial charge on any atom is -0.468 e. The highest BCUT2D eigenvalue weighted by molar-refractivity contribution is 7.99. The van der Waals surface area contributed by atoms with Crippen LogP contribution in [0.25, 0.3) is 0 Å². The first-order valence-corrected chi connectivity index (χ1v) is 6.86. The second kappa shape index (κ2) is 5.61. The zero-order valence-corrected chi connectivity index (χ0v) is 10.1. The van der Waals surface area contributed by atoms with Crippen molar-refractivity contribution < 1.29 is 4.42 Å². The molecule has 0 aliphatic heterocycles. The SMILES string of the molecule is CC(NCCSCC1CC1)c1ccco1. The molecule has 1 aromatic rings. The van der Waals surface area contributed by atoms with E-state index in [1.165, 1.54) is 24.3 Å². The minimum absolute atomic E-state index is 0.335. The van der Waals surface area contributed by atoms with Crippen LogP contribution in [0.4, 0.5) is 0 Å². The van der Waals surface area contributed by atoms with Crippen LogP contribution in [0.2, 0.25) is 0 Å². The topological polar surface area (TPSA) is 25.2 Å². The molecule has 1 aliphatic carbocycles. The van der Waals surface area contributed by atoms with E-state index in [9.17, 15) is 0 Å². The maximum absolute atomic E-state index is 5.33. The molecule has 2 rings (SSSR count). The number of hydrogen-bond donors (Lipinski definition) is 1. The highest BCUT2D eigenvalue weighted by Crippen LogP contribution is 2.32. The van der Waals surface area contributed by atoms with Crippen molar-refractivity contribution in [2.24, 2.45) is 5.92 Å². The summed E-state index contributed by atoms with van der Waals surface area (Å²) in [6.45, 7) is 3.21. The third kappa shape index (κ3) is 3.92. The number of rotatable bonds is 7. The Labute approximate surface area is 95.8 Å². The van der Waals surface area contributed by atoms with Gasteiger partial charge in [0.15, 0.2) is 0 Å². The normalized spacial score (nSPS) is 17.9. The molecule has 1 N–H and O–H groups in total. The molecule has 0 saturated heterocycles. The maximum Gasteiger partial charge on any atom is 0.120 e. The Morgan fingerprint density at radius 3 is 3.13 bits per heavy atom. The summed E-state index contributed by atoms with van der Waals surface area (Å²) in [5.74, 6) is 4.64. The summed E-state index contributed by atoms with van der Waals surface area (Å²) in [6, 6.07) is 4.30. The molecule has 1 saturated carbocycles. The van der Waals surface area contributed by atoms with Crippen LogP contribution in [-0.2, 0) is 0 Å². The minimum atomic E-state index is 0.335. The Morgan fingerprint density at radius 1 is 1.60 bits per heavy atom. The van der Waals surface area contributed by atoms with Gasteiger partial charge in [0.25, 0.3) is 0 Å². The Hall–Kier alpha value is -0.410. The molecule has 1 fully saturated rings. The van der Waals surface area contributed by atoms with Gasteiger partial charge in [-0.3, -0.25) is 0 Å². The van der Waals surface area contributed by atoms with E-state index < -0.39 is 0 Å². The molecule has 84 valence electrons. The average Bonchev–Trinajstić information content (AvgIpc) is 2.90. The molecule has 1 aliphatic rings. The monoisotopic (exact) mass is 225 g/mol. The fourth-order valence-electron chi connectivity index (χ4n) is 1.52.